The van der Waals surface area contributed by atoms with E-state index in [1.54, 1.807) is 22.7 Å². The number of aromatic nitrogens is 1. The van der Waals surface area contributed by atoms with E-state index >= 15 is 0 Å². The van der Waals surface area contributed by atoms with E-state index in [1.807, 2.05) is 18.4 Å². The minimum Gasteiger partial charge on any atom is -0.481 e. The van der Waals surface area contributed by atoms with Crippen LogP contribution in [0.4, 0.5) is 0 Å². The van der Waals surface area contributed by atoms with Gasteiger partial charge in [-0.15, -0.1) is 11.3 Å². The maximum Gasteiger partial charge on any atom is 0.304 e. The second-order valence-electron chi connectivity index (χ2n) is 8.47. The van der Waals surface area contributed by atoms with Crippen molar-refractivity contribution < 1.29 is 20.1 Å². The lowest BCUT2D eigenvalue weighted by molar-refractivity contribution is -0.150. The molecule has 2 aliphatic carbocycles. The molecule has 0 spiro atoms. The van der Waals surface area contributed by atoms with Crippen LogP contribution in [0.15, 0.2) is 16.8 Å². The zero-order valence-electron chi connectivity index (χ0n) is 15.5. The lowest BCUT2D eigenvalue weighted by Crippen LogP contribution is -2.57. The fourth-order valence-corrected chi connectivity index (χ4v) is 7.21. The molecule has 2 aromatic heterocycles. The molecule has 2 aliphatic rings. The molecule has 0 radical (unpaired) electrons. The third-order valence-electron chi connectivity index (χ3n) is 7.04. The molecule has 7 heteroatoms. The van der Waals surface area contributed by atoms with Gasteiger partial charge in [-0.2, -0.15) is 11.3 Å². The van der Waals surface area contributed by atoms with Crippen molar-refractivity contribution in [2.45, 2.75) is 51.6 Å². The van der Waals surface area contributed by atoms with E-state index < -0.39 is 17.5 Å². The molecule has 5 nitrogen and oxygen atoms in total. The van der Waals surface area contributed by atoms with Gasteiger partial charge in [-0.25, -0.2) is 4.98 Å². The van der Waals surface area contributed by atoms with Crippen LogP contribution in [0.25, 0.3) is 10.6 Å². The minimum atomic E-state index is -0.824. The van der Waals surface area contributed by atoms with Crippen LogP contribution < -0.4 is 0 Å². The number of rotatable bonds is 4. The molecular weight excluding hydrogens is 382 g/mol. The molecule has 0 aliphatic heterocycles. The Morgan fingerprint density at radius 2 is 2.19 bits per heavy atom. The van der Waals surface area contributed by atoms with Gasteiger partial charge in [0.25, 0.3) is 0 Å². The number of hydrogen-bond acceptors (Lipinski definition) is 6. The van der Waals surface area contributed by atoms with Gasteiger partial charge in [-0.05, 0) is 42.0 Å². The molecule has 0 amide bonds. The van der Waals surface area contributed by atoms with Gasteiger partial charge in [-0.3, -0.25) is 4.79 Å². The Morgan fingerprint density at radius 3 is 2.81 bits per heavy atom. The van der Waals surface area contributed by atoms with Crippen LogP contribution in [0.1, 0.15) is 49.6 Å². The second kappa shape index (κ2) is 6.65. The molecule has 0 aromatic carbocycles. The zero-order valence-corrected chi connectivity index (χ0v) is 17.1. The SMILES string of the molecule is C[C@]1(CO)[C@H]2Cc3sc(-c4ccsc4)nc3[C@@H](CC(=O)O)[C@]2(C)CC[C@H]1O. The molecule has 0 bridgehead atoms. The molecule has 2 aromatic rings. The Hall–Kier alpha value is -1.28. The van der Waals surface area contributed by atoms with Crippen molar-refractivity contribution in [2.24, 2.45) is 16.7 Å². The Balaban J connectivity index is 1.85. The highest BCUT2D eigenvalue weighted by Gasteiger charge is 2.59. The number of carbonyl (C=O) groups is 1. The number of carboxylic acids is 1. The van der Waals surface area contributed by atoms with Crippen LogP contribution in [0.5, 0.6) is 0 Å². The van der Waals surface area contributed by atoms with Gasteiger partial charge in [0.2, 0.25) is 0 Å². The van der Waals surface area contributed by atoms with Crippen molar-refractivity contribution in [3.05, 3.63) is 27.4 Å². The van der Waals surface area contributed by atoms with Crippen LogP contribution in [0, 0.1) is 16.7 Å². The molecule has 1 fully saturated rings. The number of fused-ring (bicyclic) bond motifs is 2. The summed E-state index contributed by atoms with van der Waals surface area (Å²) in [6.45, 7) is 3.99. The van der Waals surface area contributed by atoms with Crippen LogP contribution in [0.3, 0.4) is 0 Å². The number of carboxylic acid groups (broad SMARTS) is 1. The second-order valence-corrected chi connectivity index (χ2v) is 10.3. The molecule has 27 heavy (non-hydrogen) atoms. The summed E-state index contributed by atoms with van der Waals surface area (Å²) < 4.78 is 0. The predicted molar refractivity (Wildman–Crippen MR) is 106 cm³/mol. The first-order valence-corrected chi connectivity index (χ1v) is 11.1. The average Bonchev–Trinajstić information content (AvgIpc) is 3.29. The third kappa shape index (κ3) is 2.87. The van der Waals surface area contributed by atoms with E-state index in [0.717, 1.165) is 34.0 Å². The Kier molecular flexibility index (Phi) is 4.70. The molecule has 4 rings (SSSR count). The third-order valence-corrected chi connectivity index (χ3v) is 8.87. The maximum absolute atomic E-state index is 11.7. The normalized spacial score (nSPS) is 35.5. The van der Waals surface area contributed by atoms with E-state index in [-0.39, 0.29) is 30.3 Å². The highest BCUT2D eigenvalue weighted by Crippen LogP contribution is 2.62. The van der Waals surface area contributed by atoms with Gasteiger partial charge in [-0.1, -0.05) is 13.8 Å². The molecule has 2 heterocycles. The van der Waals surface area contributed by atoms with Crippen LogP contribution >= 0.6 is 22.7 Å². The molecule has 146 valence electrons. The van der Waals surface area contributed by atoms with Gasteiger partial charge in [0.15, 0.2) is 0 Å². The molecule has 1 saturated carbocycles. The smallest absolute Gasteiger partial charge is 0.304 e. The van der Waals surface area contributed by atoms with Crippen LogP contribution in [-0.2, 0) is 11.2 Å². The number of hydrogen-bond donors (Lipinski definition) is 3. The maximum atomic E-state index is 11.7. The first kappa shape index (κ1) is 19.1. The lowest BCUT2D eigenvalue weighted by Gasteiger charge is -2.58. The van der Waals surface area contributed by atoms with Gasteiger partial charge in [0.1, 0.15) is 5.01 Å². The van der Waals surface area contributed by atoms with Crippen molar-refractivity contribution in [2.75, 3.05) is 6.61 Å². The molecule has 3 N–H and O–H groups in total. The summed E-state index contributed by atoms with van der Waals surface area (Å²) in [5.41, 5.74) is 1.06. The summed E-state index contributed by atoms with van der Waals surface area (Å²) >= 11 is 3.25. The quantitative estimate of drug-likeness (QED) is 0.718. The highest BCUT2D eigenvalue weighted by molar-refractivity contribution is 7.15. The minimum absolute atomic E-state index is 0.0198. The van der Waals surface area contributed by atoms with Crippen LogP contribution in [0.2, 0.25) is 0 Å². The van der Waals surface area contributed by atoms with Crippen LogP contribution in [-0.4, -0.2) is 39.0 Å². The summed E-state index contributed by atoms with van der Waals surface area (Å²) in [5.74, 6) is -1.01. The van der Waals surface area contributed by atoms with Crippen molar-refractivity contribution >= 4 is 28.6 Å². The molecule has 5 atom stereocenters. The standard InChI is InChI=1S/C20H25NO4S2/c1-19-5-3-15(23)20(2,10-22)14(19)8-13-17(12(19)7-16(24)25)21-18(27-13)11-4-6-26-9-11/h4,6,9,12,14-15,22-23H,3,5,7-8,10H2,1-2H3,(H,24,25)/t12-,14+,15-,19+,20+/m1/s1. The van der Waals surface area contributed by atoms with Gasteiger partial charge >= 0.3 is 5.97 Å². The highest BCUT2D eigenvalue weighted by atomic mass is 32.1. The predicted octanol–water partition coefficient (Wildman–Crippen LogP) is 3.76. The van der Waals surface area contributed by atoms with Crippen molar-refractivity contribution in [3.63, 3.8) is 0 Å². The number of nitrogens with zero attached hydrogens (tertiary/aromatic N) is 1. The fraction of sp³-hybridized carbons (Fsp3) is 0.600. The fourth-order valence-electron chi connectivity index (χ4n) is 5.33. The zero-order chi connectivity index (χ0) is 19.4. The Labute approximate surface area is 166 Å². The summed E-state index contributed by atoms with van der Waals surface area (Å²) in [5, 5.41) is 35.4. The topological polar surface area (TPSA) is 90.7 Å². The number of thiophene rings is 1. The molecular formula is C20H25NO4S2. The van der Waals surface area contributed by atoms with E-state index in [9.17, 15) is 20.1 Å². The monoisotopic (exact) mass is 407 g/mol. The summed E-state index contributed by atoms with van der Waals surface area (Å²) in [6, 6.07) is 2.04. The largest absolute Gasteiger partial charge is 0.481 e. The van der Waals surface area contributed by atoms with E-state index in [2.05, 4.69) is 12.3 Å². The summed E-state index contributed by atoms with van der Waals surface area (Å²) in [6.07, 6.45) is 1.52. The van der Waals surface area contributed by atoms with Gasteiger partial charge in [0, 0.05) is 27.2 Å². The van der Waals surface area contributed by atoms with Crippen molar-refractivity contribution in [1.29, 1.82) is 0 Å². The summed E-state index contributed by atoms with van der Waals surface area (Å²) in [4.78, 5) is 17.7. The van der Waals surface area contributed by atoms with Gasteiger partial charge < -0.3 is 15.3 Å². The first-order chi connectivity index (χ1) is 12.8. The van der Waals surface area contributed by atoms with E-state index in [1.165, 1.54) is 0 Å². The van der Waals surface area contributed by atoms with Crippen molar-refractivity contribution in [1.82, 2.24) is 4.98 Å². The number of aliphatic hydroxyl groups excluding tert-OH is 2. The average molecular weight is 408 g/mol. The number of thiazole rings is 1. The van der Waals surface area contributed by atoms with Gasteiger partial charge in [0.05, 0.1) is 24.8 Å². The summed E-state index contributed by atoms with van der Waals surface area (Å²) in [7, 11) is 0. The molecule has 0 unspecified atom stereocenters. The van der Waals surface area contributed by atoms with E-state index in [0.29, 0.717) is 6.42 Å². The number of aliphatic carboxylic acids is 1. The lowest BCUT2D eigenvalue weighted by atomic mass is 9.47. The van der Waals surface area contributed by atoms with Crippen molar-refractivity contribution in [3.8, 4) is 10.6 Å². The Bertz CT molecular complexity index is 848. The van der Waals surface area contributed by atoms with E-state index in [4.69, 9.17) is 4.98 Å². The Morgan fingerprint density at radius 1 is 1.41 bits per heavy atom. The number of aliphatic hydroxyl groups is 2. The molecule has 0 saturated heterocycles. The first-order valence-electron chi connectivity index (χ1n) is 9.32.